The zero-order valence-electron chi connectivity index (χ0n) is 12.4. The van der Waals surface area contributed by atoms with E-state index in [-0.39, 0.29) is 5.78 Å². The van der Waals surface area contributed by atoms with Crippen molar-refractivity contribution in [1.29, 1.82) is 0 Å². The molecule has 0 saturated heterocycles. The van der Waals surface area contributed by atoms with E-state index in [9.17, 15) is 4.79 Å². The van der Waals surface area contributed by atoms with Gasteiger partial charge in [0.2, 0.25) is 0 Å². The fraction of sp³-hybridized carbons (Fsp3) is 0.588. The summed E-state index contributed by atoms with van der Waals surface area (Å²) in [5.41, 5.74) is 4.99. The molecule has 0 aromatic heterocycles. The topological polar surface area (TPSA) is 17.1 Å². The average Bonchev–Trinajstić information content (AvgIpc) is 2.32. The first-order chi connectivity index (χ1) is 8.36. The van der Waals surface area contributed by atoms with Gasteiger partial charge in [0, 0.05) is 5.56 Å². The third-order valence-electron chi connectivity index (χ3n) is 5.28. The standard InChI is InChI=1S/C17H24O/c1-9-10(2)12(4)17-13(5)15(14(6)18)7-8-16(17)11(9)3/h7-12H,1-6H3. The van der Waals surface area contributed by atoms with Crippen LogP contribution in [0.4, 0.5) is 0 Å². The molecule has 18 heavy (non-hydrogen) atoms. The zero-order valence-corrected chi connectivity index (χ0v) is 12.4. The number of rotatable bonds is 1. The lowest BCUT2D eigenvalue weighted by atomic mass is 9.65. The van der Waals surface area contributed by atoms with Gasteiger partial charge in [-0.15, -0.1) is 0 Å². The van der Waals surface area contributed by atoms with Gasteiger partial charge in [0.05, 0.1) is 0 Å². The van der Waals surface area contributed by atoms with Crippen LogP contribution in [-0.2, 0) is 0 Å². The monoisotopic (exact) mass is 244 g/mol. The van der Waals surface area contributed by atoms with Crippen LogP contribution in [0.2, 0.25) is 0 Å². The van der Waals surface area contributed by atoms with Crippen molar-refractivity contribution in [2.75, 3.05) is 0 Å². The van der Waals surface area contributed by atoms with E-state index in [1.807, 2.05) is 6.07 Å². The highest BCUT2D eigenvalue weighted by Gasteiger charge is 2.35. The molecule has 0 saturated carbocycles. The molecular weight excluding hydrogens is 220 g/mol. The van der Waals surface area contributed by atoms with Gasteiger partial charge in [-0.05, 0) is 54.2 Å². The highest BCUT2D eigenvalue weighted by atomic mass is 16.1. The lowest BCUT2D eigenvalue weighted by molar-refractivity contribution is 0.101. The molecule has 1 aromatic carbocycles. The molecule has 98 valence electrons. The smallest absolute Gasteiger partial charge is 0.160 e. The van der Waals surface area contributed by atoms with Crippen LogP contribution in [0.5, 0.6) is 0 Å². The molecule has 0 spiro atoms. The van der Waals surface area contributed by atoms with Crippen LogP contribution in [-0.4, -0.2) is 5.78 Å². The lowest BCUT2D eigenvalue weighted by Gasteiger charge is -2.40. The minimum atomic E-state index is 0.182. The van der Waals surface area contributed by atoms with Crippen molar-refractivity contribution in [2.24, 2.45) is 11.8 Å². The van der Waals surface area contributed by atoms with E-state index in [0.29, 0.717) is 23.7 Å². The summed E-state index contributed by atoms with van der Waals surface area (Å²) in [7, 11) is 0. The molecule has 0 aliphatic heterocycles. The van der Waals surface area contributed by atoms with Crippen LogP contribution in [0.15, 0.2) is 12.1 Å². The molecule has 0 heterocycles. The highest BCUT2D eigenvalue weighted by molar-refractivity contribution is 5.96. The molecular formula is C17H24O. The number of carbonyl (C=O) groups excluding carboxylic acids is 1. The average molecular weight is 244 g/mol. The SMILES string of the molecule is CC(=O)c1ccc2c(c1C)C(C)C(C)C(C)C2C. The second-order valence-electron chi connectivity index (χ2n) is 6.09. The Labute approximate surface area is 111 Å². The summed E-state index contributed by atoms with van der Waals surface area (Å²) >= 11 is 0. The van der Waals surface area contributed by atoms with Crippen molar-refractivity contribution < 1.29 is 4.79 Å². The van der Waals surface area contributed by atoms with E-state index < -0.39 is 0 Å². The summed E-state index contributed by atoms with van der Waals surface area (Å²) in [6.07, 6.45) is 0. The predicted molar refractivity (Wildman–Crippen MR) is 76.3 cm³/mol. The Hall–Kier alpha value is -1.11. The summed E-state index contributed by atoms with van der Waals surface area (Å²) < 4.78 is 0. The normalized spacial score (nSPS) is 31.0. The van der Waals surface area contributed by atoms with E-state index in [1.165, 1.54) is 16.7 Å². The van der Waals surface area contributed by atoms with E-state index >= 15 is 0 Å². The number of ketones is 1. The van der Waals surface area contributed by atoms with Crippen LogP contribution in [0, 0.1) is 18.8 Å². The summed E-state index contributed by atoms with van der Waals surface area (Å²) in [5.74, 6) is 2.70. The van der Waals surface area contributed by atoms with Crippen LogP contribution in [0.3, 0.4) is 0 Å². The Balaban J connectivity index is 2.66. The van der Waals surface area contributed by atoms with Crippen LogP contribution >= 0.6 is 0 Å². The van der Waals surface area contributed by atoms with Gasteiger partial charge in [-0.1, -0.05) is 39.8 Å². The molecule has 1 nitrogen and oxygen atoms in total. The molecule has 4 atom stereocenters. The maximum atomic E-state index is 11.7. The fourth-order valence-corrected chi connectivity index (χ4v) is 3.59. The Kier molecular flexibility index (Phi) is 3.35. The Morgan fingerprint density at radius 2 is 1.56 bits per heavy atom. The molecule has 0 radical (unpaired) electrons. The second kappa shape index (κ2) is 4.53. The van der Waals surface area contributed by atoms with Gasteiger partial charge in [-0.2, -0.15) is 0 Å². The lowest BCUT2D eigenvalue weighted by Crippen LogP contribution is -2.28. The van der Waals surface area contributed by atoms with Crippen LogP contribution in [0.1, 0.15) is 73.5 Å². The number of carbonyl (C=O) groups is 1. The summed E-state index contributed by atoms with van der Waals surface area (Å²) in [4.78, 5) is 11.7. The van der Waals surface area contributed by atoms with Gasteiger partial charge in [0.25, 0.3) is 0 Å². The number of hydrogen-bond donors (Lipinski definition) is 0. The molecule has 2 rings (SSSR count). The van der Waals surface area contributed by atoms with Gasteiger partial charge < -0.3 is 0 Å². The highest BCUT2D eigenvalue weighted by Crippen LogP contribution is 2.47. The van der Waals surface area contributed by atoms with E-state index in [0.717, 1.165) is 5.56 Å². The van der Waals surface area contributed by atoms with Crippen molar-refractivity contribution in [3.63, 3.8) is 0 Å². The molecule has 4 unspecified atom stereocenters. The maximum absolute atomic E-state index is 11.7. The van der Waals surface area contributed by atoms with Crippen molar-refractivity contribution >= 4 is 5.78 Å². The minimum absolute atomic E-state index is 0.182. The van der Waals surface area contributed by atoms with E-state index in [1.54, 1.807) is 6.92 Å². The molecule has 1 aliphatic carbocycles. The Morgan fingerprint density at radius 1 is 1.00 bits per heavy atom. The first-order valence-electron chi connectivity index (χ1n) is 7.00. The second-order valence-corrected chi connectivity index (χ2v) is 6.09. The molecule has 0 amide bonds. The first-order valence-corrected chi connectivity index (χ1v) is 7.00. The molecule has 0 fully saturated rings. The minimum Gasteiger partial charge on any atom is -0.295 e. The van der Waals surface area contributed by atoms with Crippen molar-refractivity contribution in [1.82, 2.24) is 0 Å². The van der Waals surface area contributed by atoms with Gasteiger partial charge in [0.15, 0.2) is 5.78 Å². The summed E-state index contributed by atoms with van der Waals surface area (Å²) in [5, 5.41) is 0. The number of benzene rings is 1. The molecule has 0 N–H and O–H groups in total. The molecule has 1 aromatic rings. The van der Waals surface area contributed by atoms with Crippen molar-refractivity contribution in [2.45, 2.75) is 53.4 Å². The van der Waals surface area contributed by atoms with Gasteiger partial charge in [-0.25, -0.2) is 0 Å². The number of Topliss-reactive ketones (excluding diaryl/α,β-unsaturated/α-hetero) is 1. The van der Waals surface area contributed by atoms with Crippen molar-refractivity contribution in [3.05, 3.63) is 34.4 Å². The van der Waals surface area contributed by atoms with Gasteiger partial charge >= 0.3 is 0 Å². The third-order valence-corrected chi connectivity index (χ3v) is 5.28. The molecule has 1 heteroatoms. The molecule has 1 aliphatic rings. The van der Waals surface area contributed by atoms with E-state index in [2.05, 4.69) is 40.7 Å². The van der Waals surface area contributed by atoms with Crippen molar-refractivity contribution in [3.8, 4) is 0 Å². The van der Waals surface area contributed by atoms with Crippen LogP contribution in [0.25, 0.3) is 0 Å². The van der Waals surface area contributed by atoms with E-state index in [4.69, 9.17) is 0 Å². The van der Waals surface area contributed by atoms with Gasteiger partial charge in [-0.3, -0.25) is 4.79 Å². The number of hydrogen-bond acceptors (Lipinski definition) is 1. The molecule has 0 bridgehead atoms. The fourth-order valence-electron chi connectivity index (χ4n) is 3.59. The Bertz CT molecular complexity index is 487. The Morgan fingerprint density at radius 3 is 2.11 bits per heavy atom. The summed E-state index contributed by atoms with van der Waals surface area (Å²) in [6, 6.07) is 4.20. The van der Waals surface area contributed by atoms with Crippen LogP contribution < -0.4 is 0 Å². The number of fused-ring (bicyclic) bond motifs is 1. The zero-order chi connectivity index (χ0) is 13.6. The maximum Gasteiger partial charge on any atom is 0.160 e. The van der Waals surface area contributed by atoms with Gasteiger partial charge in [0.1, 0.15) is 0 Å². The first kappa shape index (κ1) is 13.3. The largest absolute Gasteiger partial charge is 0.295 e. The predicted octanol–water partition coefficient (Wildman–Crippen LogP) is 4.69. The third kappa shape index (κ3) is 1.81. The summed E-state index contributed by atoms with van der Waals surface area (Å²) in [6.45, 7) is 13.1. The quantitative estimate of drug-likeness (QED) is 0.655.